The molecule has 0 aliphatic carbocycles. The summed E-state index contributed by atoms with van der Waals surface area (Å²) >= 11 is 0. The van der Waals surface area contributed by atoms with Gasteiger partial charge >= 0.3 is 0 Å². The second-order valence-electron chi connectivity index (χ2n) is 6.58. The van der Waals surface area contributed by atoms with Crippen molar-refractivity contribution >= 4 is 18.3 Å². The number of amides is 1. The van der Waals surface area contributed by atoms with Gasteiger partial charge in [0.15, 0.2) is 0 Å². The first-order valence-corrected chi connectivity index (χ1v) is 8.10. The van der Waals surface area contributed by atoms with Crippen LogP contribution in [0.2, 0.25) is 0 Å². The van der Waals surface area contributed by atoms with E-state index in [1.165, 1.54) is 17.5 Å². The standard InChI is InChI=1S/C18H28N2O.ClH/c1-13-6-9-16(10-7-13)18-14(2)5-4-12-20(18)17(21)11-8-15(3)19;/h6-7,9-10,14-15,18H,4-5,8,11-12,19H2,1-3H3;1H. The van der Waals surface area contributed by atoms with E-state index >= 15 is 0 Å². The minimum Gasteiger partial charge on any atom is -0.335 e. The van der Waals surface area contributed by atoms with Crippen LogP contribution in [-0.2, 0) is 4.79 Å². The zero-order chi connectivity index (χ0) is 15.4. The van der Waals surface area contributed by atoms with Crippen molar-refractivity contribution < 1.29 is 4.79 Å². The summed E-state index contributed by atoms with van der Waals surface area (Å²) in [6.45, 7) is 7.19. The minimum atomic E-state index is 0. The molecule has 1 aromatic carbocycles. The summed E-state index contributed by atoms with van der Waals surface area (Å²) in [5.74, 6) is 0.769. The van der Waals surface area contributed by atoms with E-state index in [1.54, 1.807) is 0 Å². The van der Waals surface area contributed by atoms with Gasteiger partial charge in [-0.3, -0.25) is 4.79 Å². The number of rotatable bonds is 4. The molecule has 1 aliphatic rings. The van der Waals surface area contributed by atoms with Crippen molar-refractivity contribution in [2.75, 3.05) is 6.54 Å². The minimum absolute atomic E-state index is 0. The Labute approximate surface area is 140 Å². The van der Waals surface area contributed by atoms with Gasteiger partial charge in [0, 0.05) is 19.0 Å². The molecule has 1 heterocycles. The molecular formula is C18H29ClN2O. The van der Waals surface area contributed by atoms with Crippen LogP contribution in [0.15, 0.2) is 24.3 Å². The van der Waals surface area contributed by atoms with Gasteiger partial charge in [0.2, 0.25) is 5.91 Å². The molecule has 3 atom stereocenters. The summed E-state index contributed by atoms with van der Waals surface area (Å²) in [6, 6.07) is 8.94. The van der Waals surface area contributed by atoms with E-state index in [2.05, 4.69) is 43.0 Å². The van der Waals surface area contributed by atoms with Crippen LogP contribution in [0.4, 0.5) is 0 Å². The normalized spacial score (nSPS) is 22.8. The van der Waals surface area contributed by atoms with Gasteiger partial charge in [-0.25, -0.2) is 0 Å². The van der Waals surface area contributed by atoms with Crippen molar-refractivity contribution in [3.8, 4) is 0 Å². The van der Waals surface area contributed by atoms with E-state index in [0.29, 0.717) is 12.3 Å². The predicted octanol–water partition coefficient (Wildman–Crippen LogP) is 3.84. The number of nitrogens with two attached hydrogens (primary N) is 1. The van der Waals surface area contributed by atoms with Crippen LogP contribution in [0.25, 0.3) is 0 Å². The lowest BCUT2D eigenvalue weighted by Crippen LogP contribution is -2.42. The van der Waals surface area contributed by atoms with Crippen molar-refractivity contribution in [1.29, 1.82) is 0 Å². The van der Waals surface area contributed by atoms with Crippen LogP contribution in [0.1, 0.15) is 56.7 Å². The second kappa shape index (κ2) is 8.54. The number of aryl methyl sites for hydroxylation is 1. The van der Waals surface area contributed by atoms with E-state index in [1.807, 2.05) is 6.92 Å². The highest BCUT2D eigenvalue weighted by atomic mass is 35.5. The zero-order valence-corrected chi connectivity index (χ0v) is 14.7. The summed E-state index contributed by atoms with van der Waals surface area (Å²) in [5.41, 5.74) is 8.32. The number of carbonyl (C=O) groups excluding carboxylic acids is 1. The highest BCUT2D eigenvalue weighted by Crippen LogP contribution is 2.36. The maximum absolute atomic E-state index is 12.6. The Morgan fingerprint density at radius 3 is 2.59 bits per heavy atom. The Morgan fingerprint density at radius 2 is 2.00 bits per heavy atom. The van der Waals surface area contributed by atoms with E-state index < -0.39 is 0 Å². The van der Waals surface area contributed by atoms with Crippen molar-refractivity contribution in [3.63, 3.8) is 0 Å². The predicted molar refractivity (Wildman–Crippen MR) is 94.2 cm³/mol. The second-order valence-corrected chi connectivity index (χ2v) is 6.58. The summed E-state index contributed by atoms with van der Waals surface area (Å²) < 4.78 is 0. The van der Waals surface area contributed by atoms with Gasteiger partial charge in [0.25, 0.3) is 0 Å². The van der Waals surface area contributed by atoms with Gasteiger partial charge in [-0.15, -0.1) is 12.4 Å². The highest BCUT2D eigenvalue weighted by molar-refractivity contribution is 5.85. The SMILES string of the molecule is Cc1ccc(C2C(C)CCCN2C(=O)CCC(C)N)cc1.Cl. The van der Waals surface area contributed by atoms with Crippen LogP contribution in [0, 0.1) is 12.8 Å². The monoisotopic (exact) mass is 324 g/mol. The Balaban J connectivity index is 0.00000242. The van der Waals surface area contributed by atoms with Gasteiger partial charge in [0.1, 0.15) is 0 Å². The Bertz CT molecular complexity index is 472. The number of carbonyl (C=O) groups is 1. The molecule has 2 N–H and O–H groups in total. The number of benzene rings is 1. The van der Waals surface area contributed by atoms with Crippen LogP contribution in [-0.4, -0.2) is 23.4 Å². The molecule has 1 amide bonds. The van der Waals surface area contributed by atoms with Crippen molar-refractivity contribution in [2.45, 2.75) is 58.5 Å². The lowest BCUT2D eigenvalue weighted by Gasteiger charge is -2.40. The van der Waals surface area contributed by atoms with Gasteiger partial charge in [0.05, 0.1) is 6.04 Å². The fraction of sp³-hybridized carbons (Fsp3) is 0.611. The van der Waals surface area contributed by atoms with E-state index in [-0.39, 0.29) is 30.4 Å². The number of hydrogen-bond donors (Lipinski definition) is 1. The molecule has 3 nitrogen and oxygen atoms in total. The first-order chi connectivity index (χ1) is 9.99. The lowest BCUT2D eigenvalue weighted by atomic mass is 9.85. The van der Waals surface area contributed by atoms with Gasteiger partial charge in [-0.05, 0) is 44.6 Å². The average Bonchev–Trinajstić information content (AvgIpc) is 2.45. The van der Waals surface area contributed by atoms with Gasteiger partial charge in [-0.2, -0.15) is 0 Å². The molecule has 0 radical (unpaired) electrons. The average molecular weight is 325 g/mol. The van der Waals surface area contributed by atoms with Crippen molar-refractivity contribution in [3.05, 3.63) is 35.4 Å². The smallest absolute Gasteiger partial charge is 0.223 e. The maximum Gasteiger partial charge on any atom is 0.223 e. The Kier molecular flexibility index (Phi) is 7.37. The van der Waals surface area contributed by atoms with Crippen LogP contribution in [0.3, 0.4) is 0 Å². The summed E-state index contributed by atoms with van der Waals surface area (Å²) in [7, 11) is 0. The van der Waals surface area contributed by atoms with E-state index in [9.17, 15) is 4.79 Å². The van der Waals surface area contributed by atoms with Crippen LogP contribution < -0.4 is 5.73 Å². The summed E-state index contributed by atoms with van der Waals surface area (Å²) in [6.07, 6.45) is 3.63. The molecular weight excluding hydrogens is 296 g/mol. The molecule has 4 heteroatoms. The first-order valence-electron chi connectivity index (χ1n) is 8.10. The van der Waals surface area contributed by atoms with Gasteiger partial charge in [-0.1, -0.05) is 36.8 Å². The Morgan fingerprint density at radius 1 is 1.36 bits per heavy atom. The van der Waals surface area contributed by atoms with E-state index in [4.69, 9.17) is 5.73 Å². The molecule has 1 fully saturated rings. The molecule has 1 aliphatic heterocycles. The molecule has 22 heavy (non-hydrogen) atoms. The molecule has 1 saturated heterocycles. The van der Waals surface area contributed by atoms with Crippen LogP contribution in [0.5, 0.6) is 0 Å². The molecule has 0 saturated carbocycles. The van der Waals surface area contributed by atoms with Gasteiger partial charge < -0.3 is 10.6 Å². The molecule has 124 valence electrons. The van der Waals surface area contributed by atoms with Crippen LogP contribution >= 0.6 is 12.4 Å². The molecule has 3 unspecified atom stereocenters. The van der Waals surface area contributed by atoms with E-state index in [0.717, 1.165) is 19.4 Å². The molecule has 0 spiro atoms. The number of nitrogens with zero attached hydrogens (tertiary/aromatic N) is 1. The number of likely N-dealkylation sites (tertiary alicyclic amines) is 1. The largest absolute Gasteiger partial charge is 0.335 e. The highest BCUT2D eigenvalue weighted by Gasteiger charge is 2.32. The third-order valence-electron chi connectivity index (χ3n) is 4.49. The quantitative estimate of drug-likeness (QED) is 0.914. The fourth-order valence-electron chi connectivity index (χ4n) is 3.23. The first kappa shape index (κ1) is 19.0. The summed E-state index contributed by atoms with van der Waals surface area (Å²) in [4.78, 5) is 14.7. The maximum atomic E-state index is 12.6. The number of piperidine rings is 1. The Hall–Kier alpha value is -1.06. The van der Waals surface area contributed by atoms with Crippen molar-refractivity contribution in [2.24, 2.45) is 11.7 Å². The number of halogens is 1. The van der Waals surface area contributed by atoms with Crippen molar-refractivity contribution in [1.82, 2.24) is 4.90 Å². The zero-order valence-electron chi connectivity index (χ0n) is 13.9. The number of hydrogen-bond acceptors (Lipinski definition) is 2. The third-order valence-corrected chi connectivity index (χ3v) is 4.49. The lowest BCUT2D eigenvalue weighted by molar-refractivity contribution is -0.136. The molecule has 2 rings (SSSR count). The topological polar surface area (TPSA) is 46.3 Å². The molecule has 0 aromatic heterocycles. The third kappa shape index (κ3) is 4.72. The molecule has 1 aromatic rings. The fourth-order valence-corrected chi connectivity index (χ4v) is 3.23. The molecule has 0 bridgehead atoms. The summed E-state index contributed by atoms with van der Waals surface area (Å²) in [5, 5.41) is 0.